The minimum absolute atomic E-state index is 0.144. The molecule has 5 rings (SSSR count). The molecule has 7 heteroatoms. The van der Waals surface area contributed by atoms with Gasteiger partial charge in [0.1, 0.15) is 28.9 Å². The summed E-state index contributed by atoms with van der Waals surface area (Å²) in [5.41, 5.74) is 0.598. The summed E-state index contributed by atoms with van der Waals surface area (Å²) in [6.45, 7) is 1.74. The zero-order valence-corrected chi connectivity index (χ0v) is 23.1. The molecule has 1 aliphatic heterocycles. The first-order valence-electron chi connectivity index (χ1n) is 12.8. The van der Waals surface area contributed by atoms with E-state index in [1.165, 1.54) is 0 Å². The third-order valence-electron chi connectivity index (χ3n) is 6.74. The molecule has 0 spiro atoms. The second kappa shape index (κ2) is 12.4. The van der Waals surface area contributed by atoms with E-state index in [4.69, 9.17) is 17.4 Å². The molecular formula is C32H29N2O3PS. The molecule has 1 saturated heterocycles. The molecule has 0 unspecified atom stereocenters. The van der Waals surface area contributed by atoms with Crippen LogP contribution < -0.4 is 21.2 Å². The van der Waals surface area contributed by atoms with Crippen LogP contribution in [0.3, 0.4) is 0 Å². The highest BCUT2D eigenvalue weighted by Crippen LogP contribution is 2.62. The molecule has 5 nitrogen and oxygen atoms in total. The Kier molecular flexibility index (Phi) is 8.48. The highest BCUT2D eigenvalue weighted by molar-refractivity contribution is 8.06. The Hall–Kier alpha value is -3.83. The van der Waals surface area contributed by atoms with Crippen LogP contribution in [0.25, 0.3) is 0 Å². The Labute approximate surface area is 235 Å². The van der Waals surface area contributed by atoms with E-state index in [-0.39, 0.29) is 17.5 Å². The van der Waals surface area contributed by atoms with Gasteiger partial charge in [-0.05, 0) is 53.2 Å². The van der Waals surface area contributed by atoms with E-state index in [0.717, 1.165) is 15.9 Å². The number of nitrogens with zero attached hydrogens (tertiary/aromatic N) is 1. The molecule has 196 valence electrons. The Morgan fingerprint density at radius 2 is 1.08 bits per heavy atom. The molecule has 0 bridgehead atoms. The van der Waals surface area contributed by atoms with Crippen LogP contribution in [0.5, 0.6) is 0 Å². The highest BCUT2D eigenvalue weighted by Gasteiger charge is 2.47. The predicted octanol–water partition coefficient (Wildman–Crippen LogP) is 3.99. The number of amides is 2. The second-order valence-corrected chi connectivity index (χ2v) is 13.1. The van der Waals surface area contributed by atoms with Crippen LogP contribution in [-0.4, -0.2) is 43.0 Å². The van der Waals surface area contributed by atoms with Crippen molar-refractivity contribution in [2.24, 2.45) is 0 Å². The van der Waals surface area contributed by atoms with Crippen molar-refractivity contribution in [3.63, 3.8) is 0 Å². The quantitative estimate of drug-likeness (QED) is 0.214. The molecule has 0 aliphatic carbocycles. The monoisotopic (exact) mass is 552 g/mol. The first-order valence-corrected chi connectivity index (χ1v) is 15.0. The number of carbonyl (C=O) groups excluding carboxylic acids is 2. The van der Waals surface area contributed by atoms with Gasteiger partial charge in [0, 0.05) is 18.7 Å². The summed E-state index contributed by atoms with van der Waals surface area (Å²) in [5, 5.41) is 6.00. The lowest BCUT2D eigenvalue weighted by Crippen LogP contribution is -2.46. The summed E-state index contributed by atoms with van der Waals surface area (Å²) >= 11 is 6.39. The highest BCUT2D eigenvalue weighted by atomic mass is 32.1. The topological polar surface area (TPSA) is 58.6 Å². The van der Waals surface area contributed by atoms with Crippen LogP contribution in [0, 0.1) is 0 Å². The van der Waals surface area contributed by atoms with Gasteiger partial charge in [-0.2, -0.15) is 0 Å². The number of ether oxygens (including phenoxy) is 1. The molecule has 1 heterocycles. The van der Waals surface area contributed by atoms with Gasteiger partial charge < -0.3 is 27.6 Å². The Morgan fingerprint density at radius 3 is 1.51 bits per heavy atom. The first-order chi connectivity index (χ1) is 19.1. The number of hydrogen-bond donors (Lipinski definition) is 1. The Morgan fingerprint density at radius 1 is 0.667 bits per heavy atom. The van der Waals surface area contributed by atoms with Crippen LogP contribution in [0.2, 0.25) is 0 Å². The van der Waals surface area contributed by atoms with Gasteiger partial charge in [0.25, 0.3) is 11.8 Å². The van der Waals surface area contributed by atoms with E-state index in [1.54, 1.807) is 29.2 Å². The number of benzene rings is 4. The second-order valence-electron chi connectivity index (χ2n) is 9.08. The smallest absolute Gasteiger partial charge is 0.272 e. The lowest BCUT2D eigenvalue weighted by Gasteiger charge is -2.36. The van der Waals surface area contributed by atoms with E-state index in [2.05, 4.69) is 41.7 Å². The number of morpholine rings is 1. The molecule has 39 heavy (non-hydrogen) atoms. The van der Waals surface area contributed by atoms with Crippen LogP contribution >= 0.6 is 7.26 Å². The molecule has 0 radical (unpaired) electrons. The summed E-state index contributed by atoms with van der Waals surface area (Å²) in [5.74, 6) is -0.665. The third kappa shape index (κ3) is 5.50. The summed E-state index contributed by atoms with van der Waals surface area (Å²) in [4.78, 5) is 29.4. The Balaban J connectivity index is 1.79. The fourth-order valence-corrected chi connectivity index (χ4v) is 9.85. The third-order valence-corrected chi connectivity index (χ3v) is 11.8. The molecule has 0 atom stereocenters. The average molecular weight is 553 g/mol. The van der Waals surface area contributed by atoms with Gasteiger partial charge in [0.15, 0.2) is 0 Å². The van der Waals surface area contributed by atoms with Crippen molar-refractivity contribution >= 4 is 47.6 Å². The number of nitrogens with one attached hydrogen (secondary N) is 1. The minimum atomic E-state index is -2.75. The van der Waals surface area contributed by atoms with Crippen LogP contribution in [-0.2, 0) is 22.2 Å². The minimum Gasteiger partial charge on any atom is -0.738 e. The molecular weight excluding hydrogens is 523 g/mol. The van der Waals surface area contributed by atoms with Crippen molar-refractivity contribution < 1.29 is 14.3 Å². The van der Waals surface area contributed by atoms with Crippen molar-refractivity contribution in [1.82, 2.24) is 10.2 Å². The van der Waals surface area contributed by atoms with Gasteiger partial charge in [-0.1, -0.05) is 72.8 Å². The molecule has 1 fully saturated rings. The van der Waals surface area contributed by atoms with Gasteiger partial charge in [-0.15, -0.1) is 0 Å². The largest absolute Gasteiger partial charge is 0.738 e. The zero-order valence-electron chi connectivity index (χ0n) is 21.4. The molecule has 4 aromatic carbocycles. The van der Waals surface area contributed by atoms with Crippen molar-refractivity contribution in [1.29, 1.82) is 0 Å². The van der Waals surface area contributed by atoms with Gasteiger partial charge in [-0.3, -0.25) is 9.59 Å². The fraction of sp³-hybridized carbons (Fsp3) is 0.125. The first kappa shape index (κ1) is 26.8. The number of hydrogen-bond acceptors (Lipinski definition) is 4. The van der Waals surface area contributed by atoms with E-state index in [1.807, 2.05) is 60.7 Å². The fourth-order valence-electron chi connectivity index (χ4n) is 4.82. The van der Waals surface area contributed by atoms with Crippen LogP contribution in [0.15, 0.2) is 132 Å². The lowest BCUT2D eigenvalue weighted by molar-refractivity contribution is -0.131. The lowest BCUT2D eigenvalue weighted by atomic mass is 10.2. The van der Waals surface area contributed by atoms with Crippen LogP contribution in [0.1, 0.15) is 10.4 Å². The standard InChI is InChI=1S/C32H29N2O3PS/c35-30(25-13-5-1-6-14-25)33-29(31(36)34-21-23-37-24-22-34)32(39)38(26-15-7-2-8-16-26,27-17-9-3-10-18-27)28-19-11-4-12-20-28/h1-20H,21-24H2,(H-,33,35,36,39). The van der Waals surface area contributed by atoms with Gasteiger partial charge in [-0.25, -0.2) is 0 Å². The SMILES string of the molecule is O=C(N/C(C(=O)N1CCOCC1)=C(/[S-])[P+](c1ccccc1)(c1ccccc1)c1ccccc1)c1ccccc1. The average Bonchev–Trinajstić information content (AvgIpc) is 3.02. The van der Waals surface area contributed by atoms with E-state index in [9.17, 15) is 9.59 Å². The maximum absolute atomic E-state index is 14.2. The van der Waals surface area contributed by atoms with Gasteiger partial charge >= 0.3 is 0 Å². The normalized spacial score (nSPS) is 14.3. The van der Waals surface area contributed by atoms with Crippen molar-refractivity contribution in [2.45, 2.75) is 0 Å². The zero-order chi connectivity index (χ0) is 27.1. The molecule has 0 aromatic heterocycles. The molecule has 1 N–H and O–H groups in total. The van der Waals surface area contributed by atoms with Crippen molar-refractivity contribution in [2.75, 3.05) is 26.3 Å². The van der Waals surface area contributed by atoms with Gasteiger partial charge in [0.2, 0.25) is 0 Å². The molecule has 4 aromatic rings. The maximum atomic E-state index is 14.2. The number of rotatable bonds is 7. The summed E-state index contributed by atoms with van der Waals surface area (Å²) in [6.07, 6.45) is 0. The summed E-state index contributed by atoms with van der Waals surface area (Å²) in [6, 6.07) is 39.1. The van der Waals surface area contributed by atoms with Crippen molar-refractivity contribution in [3.8, 4) is 0 Å². The Bertz CT molecular complexity index is 1350. The van der Waals surface area contributed by atoms with E-state index in [0.29, 0.717) is 36.5 Å². The molecule has 1 aliphatic rings. The molecule has 0 saturated carbocycles. The number of carbonyl (C=O) groups is 2. The van der Waals surface area contributed by atoms with Crippen LogP contribution in [0.4, 0.5) is 0 Å². The predicted molar refractivity (Wildman–Crippen MR) is 161 cm³/mol. The van der Waals surface area contributed by atoms with Gasteiger partial charge in [0.05, 0.1) is 13.2 Å². The van der Waals surface area contributed by atoms with E-state index < -0.39 is 7.26 Å². The summed E-state index contributed by atoms with van der Waals surface area (Å²) in [7, 11) is -2.75. The maximum Gasteiger partial charge on any atom is 0.272 e. The van der Waals surface area contributed by atoms with E-state index >= 15 is 0 Å². The van der Waals surface area contributed by atoms with Crippen molar-refractivity contribution in [3.05, 3.63) is 137 Å². The summed E-state index contributed by atoms with van der Waals surface area (Å²) < 4.78 is 5.94. The molecule has 2 amide bonds.